The van der Waals surface area contributed by atoms with Gasteiger partial charge in [-0.05, 0) is 45.1 Å². The molecule has 0 amide bonds. The molecule has 1 saturated heterocycles. The Labute approximate surface area is 89.3 Å². The maximum atomic E-state index is 6.07. The van der Waals surface area contributed by atoms with Crippen LogP contribution in [-0.2, 0) is 9.16 Å². The van der Waals surface area contributed by atoms with Crippen LogP contribution < -0.4 is 0 Å². The van der Waals surface area contributed by atoms with Gasteiger partial charge in [-0.3, -0.25) is 0 Å². The van der Waals surface area contributed by atoms with Crippen molar-refractivity contribution in [3.63, 3.8) is 0 Å². The number of rotatable bonds is 4. The first-order valence-corrected chi connectivity index (χ1v) is 7.29. The van der Waals surface area contributed by atoms with Crippen LogP contribution in [0, 0.1) is 0 Å². The van der Waals surface area contributed by atoms with Crippen molar-refractivity contribution in [2.45, 2.75) is 69.8 Å². The van der Waals surface area contributed by atoms with Gasteiger partial charge in [-0.1, -0.05) is 6.92 Å². The minimum absolute atomic E-state index is 0.119. The first-order valence-electron chi connectivity index (χ1n) is 5.90. The highest BCUT2D eigenvalue weighted by Crippen LogP contribution is 2.42. The SMILES string of the molecule is CCC(C)(C)O[SiH2]C1CCC2OC2C1. The summed E-state index contributed by atoms with van der Waals surface area (Å²) in [4.78, 5) is 0. The van der Waals surface area contributed by atoms with Crippen molar-refractivity contribution in [2.24, 2.45) is 0 Å². The lowest BCUT2D eigenvalue weighted by molar-refractivity contribution is 0.107. The molecule has 0 radical (unpaired) electrons. The molecule has 0 spiro atoms. The van der Waals surface area contributed by atoms with E-state index in [-0.39, 0.29) is 15.4 Å². The molecule has 2 rings (SSSR count). The van der Waals surface area contributed by atoms with Crippen LogP contribution in [0.2, 0.25) is 5.54 Å². The van der Waals surface area contributed by atoms with E-state index in [1.165, 1.54) is 19.3 Å². The predicted octanol–water partition coefficient (Wildman–Crippen LogP) is 2.02. The molecule has 0 aromatic rings. The molecule has 0 N–H and O–H groups in total. The van der Waals surface area contributed by atoms with E-state index in [0.717, 1.165) is 12.0 Å². The third-order valence-electron chi connectivity index (χ3n) is 3.67. The molecule has 3 atom stereocenters. The van der Waals surface area contributed by atoms with Crippen LogP contribution in [0.15, 0.2) is 0 Å². The van der Waals surface area contributed by atoms with Gasteiger partial charge in [0.05, 0.1) is 12.2 Å². The van der Waals surface area contributed by atoms with E-state index in [1.54, 1.807) is 0 Å². The van der Waals surface area contributed by atoms with Crippen LogP contribution in [0.4, 0.5) is 0 Å². The van der Waals surface area contributed by atoms with Crippen LogP contribution in [-0.4, -0.2) is 27.6 Å². The smallest absolute Gasteiger partial charge is 0.165 e. The Kier molecular flexibility index (Phi) is 3.00. The summed E-state index contributed by atoms with van der Waals surface area (Å²) in [5.41, 5.74) is 0.998. The van der Waals surface area contributed by atoms with Gasteiger partial charge in [0.1, 0.15) is 0 Å². The molecule has 3 heteroatoms. The average molecular weight is 214 g/mol. The molecule has 2 fully saturated rings. The highest BCUT2D eigenvalue weighted by Gasteiger charge is 2.44. The van der Waals surface area contributed by atoms with E-state index < -0.39 is 0 Å². The molecular formula is C11H22O2Si. The molecule has 2 nitrogen and oxygen atoms in total. The molecule has 0 aromatic carbocycles. The molecule has 1 heterocycles. The number of ether oxygens (including phenoxy) is 1. The highest BCUT2D eigenvalue weighted by molar-refractivity contribution is 6.29. The highest BCUT2D eigenvalue weighted by atomic mass is 28.2. The predicted molar refractivity (Wildman–Crippen MR) is 60.3 cm³/mol. The zero-order valence-corrected chi connectivity index (χ0v) is 11.0. The maximum absolute atomic E-state index is 6.07. The van der Waals surface area contributed by atoms with Crippen molar-refractivity contribution in [3.8, 4) is 0 Å². The van der Waals surface area contributed by atoms with E-state index in [2.05, 4.69) is 20.8 Å². The third-order valence-corrected chi connectivity index (χ3v) is 5.84. The van der Waals surface area contributed by atoms with Gasteiger partial charge in [-0.25, -0.2) is 0 Å². The molecule has 14 heavy (non-hydrogen) atoms. The largest absolute Gasteiger partial charge is 0.419 e. The normalized spacial score (nSPS) is 37.5. The van der Waals surface area contributed by atoms with Crippen LogP contribution in [0.1, 0.15) is 46.5 Å². The summed E-state index contributed by atoms with van der Waals surface area (Å²) in [6.45, 7) is 6.62. The van der Waals surface area contributed by atoms with Gasteiger partial charge in [0, 0.05) is 5.60 Å². The molecule has 1 aliphatic carbocycles. The molecule has 1 saturated carbocycles. The quantitative estimate of drug-likeness (QED) is 0.527. The molecular weight excluding hydrogens is 192 g/mol. The first-order chi connectivity index (χ1) is 6.61. The summed E-state index contributed by atoms with van der Waals surface area (Å²) in [6.07, 6.45) is 6.31. The third kappa shape index (κ3) is 2.58. The molecule has 1 aliphatic heterocycles. The minimum Gasteiger partial charge on any atom is -0.419 e. The van der Waals surface area contributed by atoms with Gasteiger partial charge in [0.2, 0.25) is 0 Å². The van der Waals surface area contributed by atoms with E-state index in [9.17, 15) is 0 Å². The second-order valence-electron chi connectivity index (χ2n) is 5.32. The van der Waals surface area contributed by atoms with Crippen molar-refractivity contribution in [1.29, 1.82) is 0 Å². The monoisotopic (exact) mass is 214 g/mol. The Hall–Kier alpha value is 0.137. The molecule has 3 unspecified atom stereocenters. The van der Waals surface area contributed by atoms with Gasteiger partial charge in [0.15, 0.2) is 9.76 Å². The van der Waals surface area contributed by atoms with Gasteiger partial charge in [0.25, 0.3) is 0 Å². The van der Waals surface area contributed by atoms with E-state index in [4.69, 9.17) is 9.16 Å². The Morgan fingerprint density at radius 1 is 1.36 bits per heavy atom. The van der Waals surface area contributed by atoms with Crippen LogP contribution in [0.25, 0.3) is 0 Å². The number of fused-ring (bicyclic) bond motifs is 1. The van der Waals surface area contributed by atoms with E-state index in [0.29, 0.717) is 12.2 Å². The van der Waals surface area contributed by atoms with Crippen LogP contribution >= 0.6 is 0 Å². The lowest BCUT2D eigenvalue weighted by Gasteiger charge is -2.27. The second-order valence-corrected chi connectivity index (χ2v) is 7.09. The summed E-state index contributed by atoms with van der Waals surface area (Å²) < 4.78 is 11.6. The zero-order chi connectivity index (χ0) is 10.2. The van der Waals surface area contributed by atoms with Crippen molar-refractivity contribution in [2.75, 3.05) is 0 Å². The summed E-state index contributed by atoms with van der Waals surface area (Å²) in [5, 5.41) is 0. The number of hydrogen-bond acceptors (Lipinski definition) is 2. The maximum Gasteiger partial charge on any atom is 0.165 e. The average Bonchev–Trinajstić information content (AvgIpc) is 2.93. The lowest BCUT2D eigenvalue weighted by Crippen LogP contribution is -2.28. The molecule has 82 valence electrons. The number of hydrogen-bond donors (Lipinski definition) is 0. The molecule has 0 bridgehead atoms. The fourth-order valence-corrected chi connectivity index (χ4v) is 3.84. The Morgan fingerprint density at radius 3 is 2.79 bits per heavy atom. The van der Waals surface area contributed by atoms with Gasteiger partial charge < -0.3 is 9.16 Å². The Morgan fingerprint density at radius 2 is 2.14 bits per heavy atom. The zero-order valence-electron chi connectivity index (χ0n) is 9.58. The summed E-state index contributed by atoms with van der Waals surface area (Å²) in [5.74, 6) is 0. The number of epoxide rings is 1. The second kappa shape index (κ2) is 3.95. The lowest BCUT2D eigenvalue weighted by atomic mass is 10.0. The molecule has 0 aromatic heterocycles. The summed E-state index contributed by atoms with van der Waals surface area (Å²) in [7, 11) is -0.335. The van der Waals surface area contributed by atoms with Gasteiger partial charge >= 0.3 is 0 Å². The van der Waals surface area contributed by atoms with Gasteiger partial charge in [-0.15, -0.1) is 0 Å². The Balaban J connectivity index is 1.70. The fourth-order valence-electron chi connectivity index (χ4n) is 2.08. The Bertz CT molecular complexity index is 205. The van der Waals surface area contributed by atoms with Crippen molar-refractivity contribution in [1.82, 2.24) is 0 Å². The van der Waals surface area contributed by atoms with Crippen LogP contribution in [0.5, 0.6) is 0 Å². The van der Waals surface area contributed by atoms with Crippen LogP contribution in [0.3, 0.4) is 0 Å². The minimum atomic E-state index is -0.335. The fraction of sp³-hybridized carbons (Fsp3) is 1.00. The summed E-state index contributed by atoms with van der Waals surface area (Å²) in [6, 6.07) is 0. The standard InChI is InChI=1S/C11H22O2Si/c1-4-11(2,3)13-14-8-5-6-9-10(7-8)12-9/h8-10H,4-7,14H2,1-3H3. The van der Waals surface area contributed by atoms with Crippen molar-refractivity contribution in [3.05, 3.63) is 0 Å². The molecule has 2 aliphatic rings. The van der Waals surface area contributed by atoms with E-state index >= 15 is 0 Å². The topological polar surface area (TPSA) is 21.8 Å². The van der Waals surface area contributed by atoms with Gasteiger partial charge in [-0.2, -0.15) is 0 Å². The first kappa shape index (κ1) is 10.6. The van der Waals surface area contributed by atoms with Crippen molar-refractivity contribution >= 4 is 9.76 Å². The summed E-state index contributed by atoms with van der Waals surface area (Å²) >= 11 is 0. The van der Waals surface area contributed by atoms with E-state index in [1.807, 2.05) is 0 Å². The van der Waals surface area contributed by atoms with Crippen molar-refractivity contribution < 1.29 is 9.16 Å².